The summed E-state index contributed by atoms with van der Waals surface area (Å²) in [6, 6.07) is 0. The molecule has 15 atom stereocenters. The van der Waals surface area contributed by atoms with Gasteiger partial charge in [-0.05, 0) is 80.0 Å². The monoisotopic (exact) mass is 726 g/mol. The maximum Gasteiger partial charge on any atom is 0.306 e. The molecule has 10 unspecified atom stereocenters. The molecule has 0 aromatic carbocycles. The number of hydrogen-bond acceptors (Lipinski definition) is 16. The first-order valence-electron chi connectivity index (χ1n) is 16.5. The molecule has 0 aromatic heterocycles. The number of hydrogen-bond donors (Lipinski definition) is 3. The van der Waals surface area contributed by atoms with Gasteiger partial charge in [0.1, 0.15) is 17.5 Å². The van der Waals surface area contributed by atoms with E-state index in [1.165, 1.54) is 0 Å². The van der Waals surface area contributed by atoms with Crippen LogP contribution < -0.4 is 10.5 Å². The molecule has 1 heterocycles. The number of ether oxygens (including phenoxy) is 3. The Morgan fingerprint density at radius 3 is 2.52 bits per heavy atom. The SMILES string of the molecule is CC(C)CC(=O)OC1[C@H](OC2CC(C(=O)O)C3CCC45CC(CCC4C3(C)C2)C(C)[C@@H]5O)O[C@H](CO)[C@@H](S(=O)OO[O-])[C@H]1OSOO[O-]. The number of carbonyl (C=O) groups is 2. The number of aliphatic carboxylic acids is 1. The summed E-state index contributed by atoms with van der Waals surface area (Å²) in [6.07, 6.45) is -2.58. The Kier molecular flexibility index (Phi) is 12.5. The third kappa shape index (κ3) is 7.20. The van der Waals surface area contributed by atoms with E-state index >= 15 is 0 Å². The maximum atomic E-state index is 13.0. The molecule has 5 fully saturated rings. The lowest BCUT2D eigenvalue weighted by Crippen LogP contribution is -2.64. The Morgan fingerprint density at radius 2 is 1.88 bits per heavy atom. The molecule has 3 N–H and O–H groups in total. The van der Waals surface area contributed by atoms with Gasteiger partial charge in [-0.1, -0.05) is 27.7 Å². The molecule has 0 radical (unpaired) electrons. The fraction of sp³-hybridized carbons (Fsp3) is 0.933. The molecular weight excluding hydrogens is 680 g/mol. The molecule has 1 spiro atoms. The average molecular weight is 727 g/mol. The third-order valence-corrected chi connectivity index (χ3v) is 13.6. The van der Waals surface area contributed by atoms with Crippen LogP contribution in [0, 0.1) is 46.3 Å². The van der Waals surface area contributed by atoms with Crippen LogP contribution in [0.3, 0.4) is 0 Å². The highest BCUT2D eigenvalue weighted by atomic mass is 32.2. The highest BCUT2D eigenvalue weighted by Gasteiger charge is 2.67. The molecule has 5 rings (SSSR count). The second-order valence-corrected chi connectivity index (χ2v) is 16.5. The standard InChI is InChI=1S/C30H48O16S2/c1-14(2)9-22(32)41-24-23(42-47-45-43-36)25(48(38)46-44-37)20(13-31)40-28(24)39-17-10-18(27(34)35)19-7-8-30-11-16(15(3)26(30)33)5-6-21(30)29(19,4)12-17/h14-21,23-26,28,31,33,36-37H,5-13H2,1-4H3,(H,34,35)/p-2/t15?,16?,17?,18?,19?,20-,21?,23+,24?,25-,26+,28-,29?,30?,48?/m1/s1. The first kappa shape index (κ1) is 38.2. The highest BCUT2D eigenvalue weighted by Crippen LogP contribution is 2.71. The second kappa shape index (κ2) is 15.7. The van der Waals surface area contributed by atoms with Crippen molar-refractivity contribution in [3.63, 3.8) is 0 Å². The van der Waals surface area contributed by atoms with Gasteiger partial charge in [0.15, 0.2) is 35.8 Å². The minimum absolute atomic E-state index is 0.0125. The van der Waals surface area contributed by atoms with Crippen molar-refractivity contribution < 1.29 is 76.8 Å². The van der Waals surface area contributed by atoms with Gasteiger partial charge in [-0.25, -0.2) is 4.21 Å². The Bertz CT molecular complexity index is 1160. The van der Waals surface area contributed by atoms with Crippen molar-refractivity contribution in [2.75, 3.05) is 6.61 Å². The molecule has 4 aliphatic carbocycles. The minimum atomic E-state index is -2.66. The third-order valence-electron chi connectivity index (χ3n) is 12.0. The van der Waals surface area contributed by atoms with E-state index in [4.69, 9.17) is 18.4 Å². The summed E-state index contributed by atoms with van der Waals surface area (Å²) in [5, 5.41) is 58.7. The van der Waals surface area contributed by atoms with Crippen molar-refractivity contribution in [2.24, 2.45) is 46.3 Å². The number of carboxylic acid groups (broad SMARTS) is 1. The van der Waals surface area contributed by atoms with Crippen molar-refractivity contribution in [2.45, 2.75) is 121 Å². The van der Waals surface area contributed by atoms with E-state index in [0.29, 0.717) is 18.8 Å². The Hall–Kier alpha value is -1.00. The zero-order chi connectivity index (χ0) is 35.0. The van der Waals surface area contributed by atoms with Crippen LogP contribution in [-0.2, 0) is 57.8 Å². The fourth-order valence-electron chi connectivity index (χ4n) is 10.2. The molecule has 18 heteroatoms. The van der Waals surface area contributed by atoms with Crippen LogP contribution in [0.1, 0.15) is 79.1 Å². The molecule has 4 saturated carbocycles. The quantitative estimate of drug-likeness (QED) is 0.0561. The second-order valence-electron chi connectivity index (χ2n) is 14.8. The first-order valence-corrected chi connectivity index (χ1v) is 18.3. The summed E-state index contributed by atoms with van der Waals surface area (Å²) in [5.74, 6) is -2.09. The normalized spacial score (nSPS) is 44.5. The van der Waals surface area contributed by atoms with Crippen molar-refractivity contribution in [3.05, 3.63) is 0 Å². The van der Waals surface area contributed by atoms with Crippen molar-refractivity contribution >= 4 is 35.3 Å². The van der Waals surface area contributed by atoms with Crippen molar-refractivity contribution in [3.8, 4) is 0 Å². The van der Waals surface area contributed by atoms with Gasteiger partial charge in [0.25, 0.3) is 0 Å². The van der Waals surface area contributed by atoms with Crippen LogP contribution in [0.4, 0.5) is 0 Å². The smallest absolute Gasteiger partial charge is 0.306 e. The molecule has 16 nitrogen and oxygen atoms in total. The molecule has 2 bridgehead atoms. The van der Waals surface area contributed by atoms with E-state index in [9.17, 15) is 39.6 Å². The van der Waals surface area contributed by atoms with Gasteiger partial charge < -0.3 is 40.0 Å². The molecule has 0 aromatic rings. The van der Waals surface area contributed by atoms with Gasteiger partial charge >= 0.3 is 11.9 Å². The van der Waals surface area contributed by atoms with Crippen LogP contribution in [0.15, 0.2) is 0 Å². The number of aliphatic hydroxyl groups excluding tert-OH is 2. The van der Waals surface area contributed by atoms with Crippen LogP contribution >= 0.6 is 12.3 Å². The Labute approximate surface area is 285 Å². The van der Waals surface area contributed by atoms with Crippen LogP contribution in [-0.4, -0.2) is 80.1 Å². The molecule has 276 valence electrons. The molecular formula is C30H46O16S2-2. The summed E-state index contributed by atoms with van der Waals surface area (Å²) in [6.45, 7) is 6.98. The summed E-state index contributed by atoms with van der Waals surface area (Å²) in [5.41, 5.74) is -0.832. The van der Waals surface area contributed by atoms with E-state index in [1.807, 2.05) is 0 Å². The average Bonchev–Trinajstić information content (AvgIpc) is 3.20. The number of fused-ring (bicyclic) bond motifs is 3. The maximum absolute atomic E-state index is 13.0. The number of esters is 1. The lowest BCUT2D eigenvalue weighted by Gasteiger charge is -2.62. The first-order chi connectivity index (χ1) is 22.8. The zero-order valence-electron chi connectivity index (χ0n) is 27.3. The lowest BCUT2D eigenvalue weighted by molar-refractivity contribution is -0.778. The van der Waals surface area contributed by atoms with Gasteiger partial charge in [0, 0.05) is 11.8 Å². The lowest BCUT2D eigenvalue weighted by atomic mass is 9.43. The molecule has 5 aliphatic rings. The number of rotatable bonds is 14. The van der Waals surface area contributed by atoms with E-state index in [2.05, 4.69) is 32.6 Å². The summed E-state index contributed by atoms with van der Waals surface area (Å²) < 4.78 is 45.3. The molecule has 1 saturated heterocycles. The largest absolute Gasteiger partial charge is 0.691 e. The molecule has 0 amide bonds. The van der Waals surface area contributed by atoms with Gasteiger partial charge in [0.2, 0.25) is 0 Å². The van der Waals surface area contributed by atoms with Crippen LogP contribution in [0.25, 0.3) is 0 Å². The number of aliphatic hydroxyl groups is 2. The topological polar surface area (TPSA) is 232 Å². The fourth-order valence-corrected chi connectivity index (χ4v) is 11.6. The minimum Gasteiger partial charge on any atom is -0.691 e. The van der Waals surface area contributed by atoms with Gasteiger partial charge in [0.05, 0.1) is 24.7 Å². The van der Waals surface area contributed by atoms with E-state index in [0.717, 1.165) is 25.7 Å². The summed E-state index contributed by atoms with van der Waals surface area (Å²) >= 11 is -2.65. The Morgan fingerprint density at radius 1 is 1.12 bits per heavy atom. The molecule has 48 heavy (non-hydrogen) atoms. The molecule has 1 aliphatic heterocycles. The zero-order valence-corrected chi connectivity index (χ0v) is 29.0. The summed E-state index contributed by atoms with van der Waals surface area (Å²) in [7, 11) is 0. The number of carboxylic acids is 1. The summed E-state index contributed by atoms with van der Waals surface area (Å²) in [4.78, 5) is 25.8. The van der Waals surface area contributed by atoms with E-state index in [-0.39, 0.29) is 54.3 Å². The highest BCUT2D eigenvalue weighted by molar-refractivity contribution is 7.89. The Balaban J connectivity index is 1.48. The van der Waals surface area contributed by atoms with Gasteiger partial charge in [-0.2, -0.15) is 0 Å². The van der Waals surface area contributed by atoms with Gasteiger partial charge in [-0.3, -0.25) is 23.8 Å². The predicted molar refractivity (Wildman–Crippen MR) is 158 cm³/mol. The van der Waals surface area contributed by atoms with Gasteiger partial charge in [-0.15, -0.1) is 8.67 Å². The van der Waals surface area contributed by atoms with Crippen LogP contribution in [0.5, 0.6) is 0 Å². The van der Waals surface area contributed by atoms with Crippen molar-refractivity contribution in [1.82, 2.24) is 0 Å². The van der Waals surface area contributed by atoms with Crippen LogP contribution in [0.2, 0.25) is 0 Å². The van der Waals surface area contributed by atoms with Crippen molar-refractivity contribution in [1.29, 1.82) is 0 Å². The van der Waals surface area contributed by atoms with E-state index in [1.54, 1.807) is 13.8 Å². The predicted octanol–water partition coefficient (Wildman–Crippen LogP) is 0.799. The van der Waals surface area contributed by atoms with E-state index < -0.39 is 83.0 Å². The number of carbonyl (C=O) groups excluding carboxylic acids is 1.